The molecular formula is C20H16IN. The molecule has 1 aliphatic heterocycles. The van der Waals surface area contributed by atoms with E-state index >= 15 is 0 Å². The van der Waals surface area contributed by atoms with E-state index in [2.05, 4.69) is 100 Å². The summed E-state index contributed by atoms with van der Waals surface area (Å²) in [6, 6.07) is 19.3. The Kier molecular flexibility index (Phi) is 3.62. The Hall–Kier alpha value is -1.81. The molecule has 1 nitrogen and oxygen atoms in total. The highest BCUT2D eigenvalue weighted by molar-refractivity contribution is 14.1. The molecule has 0 N–H and O–H groups in total. The summed E-state index contributed by atoms with van der Waals surface area (Å²) in [7, 11) is 0. The molecule has 1 aliphatic carbocycles. The predicted octanol–water partition coefficient (Wildman–Crippen LogP) is 6.22. The van der Waals surface area contributed by atoms with Crippen molar-refractivity contribution < 1.29 is 0 Å². The maximum atomic E-state index is 2.46. The lowest BCUT2D eigenvalue weighted by Crippen LogP contribution is -2.18. The van der Waals surface area contributed by atoms with E-state index in [-0.39, 0.29) is 0 Å². The van der Waals surface area contributed by atoms with Crippen LogP contribution >= 0.6 is 22.6 Å². The minimum atomic E-state index is 1.11. The first-order valence-corrected chi connectivity index (χ1v) is 8.62. The quantitative estimate of drug-likeness (QED) is 0.517. The van der Waals surface area contributed by atoms with Crippen molar-refractivity contribution in [2.24, 2.45) is 0 Å². The SMILES string of the molecule is IC1=CC2=C(C=Cc3ccccc3N2c2ccccc2)CC1. The molecule has 0 atom stereocenters. The lowest BCUT2D eigenvalue weighted by atomic mass is 10.0. The highest BCUT2D eigenvalue weighted by Gasteiger charge is 2.22. The van der Waals surface area contributed by atoms with Gasteiger partial charge in [-0.3, -0.25) is 0 Å². The van der Waals surface area contributed by atoms with Crippen molar-refractivity contribution in [3.8, 4) is 0 Å². The van der Waals surface area contributed by atoms with Gasteiger partial charge in [0.2, 0.25) is 0 Å². The van der Waals surface area contributed by atoms with Crippen LogP contribution in [0, 0.1) is 0 Å². The zero-order valence-electron chi connectivity index (χ0n) is 12.2. The summed E-state index contributed by atoms with van der Waals surface area (Å²) in [5.41, 5.74) is 6.46. The molecule has 0 radical (unpaired) electrons. The molecule has 0 bridgehead atoms. The molecule has 22 heavy (non-hydrogen) atoms. The van der Waals surface area contributed by atoms with Gasteiger partial charge in [0.1, 0.15) is 0 Å². The van der Waals surface area contributed by atoms with Crippen molar-refractivity contribution in [3.05, 3.63) is 87.2 Å². The molecule has 0 fully saturated rings. The fourth-order valence-corrected chi connectivity index (χ4v) is 3.64. The Morgan fingerprint density at radius 2 is 1.59 bits per heavy atom. The average molecular weight is 397 g/mol. The van der Waals surface area contributed by atoms with E-state index in [1.165, 1.54) is 31.8 Å². The number of benzene rings is 2. The van der Waals surface area contributed by atoms with Crippen LogP contribution in [0.4, 0.5) is 11.4 Å². The summed E-state index contributed by atoms with van der Waals surface area (Å²) in [5.74, 6) is 0. The Morgan fingerprint density at radius 1 is 0.818 bits per heavy atom. The molecule has 2 aromatic carbocycles. The third-order valence-electron chi connectivity index (χ3n) is 4.15. The summed E-state index contributed by atoms with van der Waals surface area (Å²) in [6.45, 7) is 0. The Balaban J connectivity index is 1.98. The summed E-state index contributed by atoms with van der Waals surface area (Å²) in [6.07, 6.45) is 9.12. The minimum Gasteiger partial charge on any atom is -0.310 e. The third kappa shape index (κ3) is 2.41. The number of fused-ring (bicyclic) bond motifs is 1. The van der Waals surface area contributed by atoms with E-state index in [1.54, 1.807) is 0 Å². The fourth-order valence-electron chi connectivity index (χ4n) is 3.08. The van der Waals surface area contributed by atoms with Gasteiger partial charge in [0.05, 0.1) is 11.4 Å². The predicted molar refractivity (Wildman–Crippen MR) is 102 cm³/mol. The smallest absolute Gasteiger partial charge is 0.0534 e. The van der Waals surface area contributed by atoms with E-state index in [1.807, 2.05) is 0 Å². The molecule has 0 saturated carbocycles. The second-order valence-corrected chi connectivity index (χ2v) is 6.95. The summed E-state index contributed by atoms with van der Waals surface area (Å²) >= 11 is 2.46. The Labute approximate surface area is 144 Å². The van der Waals surface area contributed by atoms with Crippen LogP contribution in [-0.4, -0.2) is 0 Å². The third-order valence-corrected chi connectivity index (χ3v) is 5.00. The van der Waals surface area contributed by atoms with Crippen LogP contribution in [0.2, 0.25) is 0 Å². The highest BCUT2D eigenvalue weighted by atomic mass is 127. The van der Waals surface area contributed by atoms with Crippen molar-refractivity contribution in [1.82, 2.24) is 0 Å². The van der Waals surface area contributed by atoms with Crippen molar-refractivity contribution in [2.75, 3.05) is 4.90 Å². The number of hydrogen-bond donors (Lipinski definition) is 0. The zero-order chi connectivity index (χ0) is 14.9. The van der Waals surface area contributed by atoms with Gasteiger partial charge in [0.25, 0.3) is 0 Å². The summed E-state index contributed by atoms with van der Waals surface area (Å²) in [4.78, 5) is 2.39. The fraction of sp³-hybridized carbons (Fsp3) is 0.100. The molecule has 0 unspecified atom stereocenters. The molecule has 2 aliphatic rings. The second kappa shape index (κ2) is 5.76. The van der Waals surface area contributed by atoms with Crippen molar-refractivity contribution in [1.29, 1.82) is 0 Å². The van der Waals surface area contributed by atoms with E-state index in [0.29, 0.717) is 0 Å². The second-order valence-electron chi connectivity index (χ2n) is 5.56. The Bertz CT molecular complexity index is 799. The van der Waals surface area contributed by atoms with Crippen LogP contribution < -0.4 is 4.90 Å². The van der Waals surface area contributed by atoms with Gasteiger partial charge in [0, 0.05) is 5.69 Å². The van der Waals surface area contributed by atoms with E-state index in [9.17, 15) is 0 Å². The van der Waals surface area contributed by atoms with Gasteiger partial charge in [-0.2, -0.15) is 0 Å². The van der Waals surface area contributed by atoms with Gasteiger partial charge in [-0.1, -0.05) is 48.6 Å². The van der Waals surface area contributed by atoms with Crippen LogP contribution in [0.5, 0.6) is 0 Å². The van der Waals surface area contributed by atoms with Gasteiger partial charge in [-0.15, -0.1) is 0 Å². The van der Waals surface area contributed by atoms with E-state index in [0.717, 1.165) is 12.8 Å². The van der Waals surface area contributed by atoms with Crippen molar-refractivity contribution >= 4 is 40.0 Å². The van der Waals surface area contributed by atoms with Gasteiger partial charge >= 0.3 is 0 Å². The number of nitrogens with zero attached hydrogens (tertiary/aromatic N) is 1. The van der Waals surface area contributed by atoms with E-state index < -0.39 is 0 Å². The molecule has 0 saturated heterocycles. The molecule has 0 amide bonds. The van der Waals surface area contributed by atoms with Gasteiger partial charge in [-0.25, -0.2) is 0 Å². The summed E-state index contributed by atoms with van der Waals surface area (Å²) < 4.78 is 1.42. The maximum Gasteiger partial charge on any atom is 0.0534 e. The number of halogens is 1. The molecule has 2 heteroatoms. The van der Waals surface area contributed by atoms with Crippen molar-refractivity contribution in [2.45, 2.75) is 12.8 Å². The topological polar surface area (TPSA) is 3.24 Å². The Morgan fingerprint density at radius 3 is 2.45 bits per heavy atom. The standard InChI is InChI=1S/C20H16IN/c21-17-13-12-16-11-10-15-6-4-5-9-19(15)22(20(16)14-17)18-7-2-1-3-8-18/h1-11,14H,12-13H2. The van der Waals surface area contributed by atoms with E-state index in [4.69, 9.17) is 0 Å². The average Bonchev–Trinajstić information content (AvgIpc) is 2.72. The zero-order valence-corrected chi connectivity index (χ0v) is 14.3. The molecule has 108 valence electrons. The number of rotatable bonds is 1. The van der Waals surface area contributed by atoms with Crippen LogP contribution in [0.25, 0.3) is 6.08 Å². The lowest BCUT2D eigenvalue weighted by Gasteiger charge is -2.30. The van der Waals surface area contributed by atoms with Crippen LogP contribution in [-0.2, 0) is 0 Å². The first kappa shape index (κ1) is 13.8. The van der Waals surface area contributed by atoms with Gasteiger partial charge in [-0.05, 0) is 74.4 Å². The maximum absolute atomic E-state index is 2.46. The van der Waals surface area contributed by atoms with Gasteiger partial charge in [0.15, 0.2) is 0 Å². The molecule has 0 spiro atoms. The number of para-hydroxylation sites is 2. The molecule has 4 rings (SSSR count). The number of allylic oxidation sites excluding steroid dienone is 4. The van der Waals surface area contributed by atoms with Crippen LogP contribution in [0.3, 0.4) is 0 Å². The minimum absolute atomic E-state index is 1.11. The van der Waals surface area contributed by atoms with Crippen LogP contribution in [0.1, 0.15) is 18.4 Å². The van der Waals surface area contributed by atoms with Crippen LogP contribution in [0.15, 0.2) is 81.6 Å². The first-order valence-electron chi connectivity index (χ1n) is 7.54. The molecular weight excluding hydrogens is 381 g/mol. The normalized spacial score (nSPS) is 16.8. The first-order chi connectivity index (χ1) is 10.8. The summed E-state index contributed by atoms with van der Waals surface area (Å²) in [5, 5.41) is 0. The highest BCUT2D eigenvalue weighted by Crippen LogP contribution is 2.41. The molecule has 1 heterocycles. The number of hydrogen-bond acceptors (Lipinski definition) is 1. The van der Waals surface area contributed by atoms with Gasteiger partial charge < -0.3 is 4.90 Å². The van der Waals surface area contributed by atoms with Crippen molar-refractivity contribution in [3.63, 3.8) is 0 Å². The molecule has 0 aromatic heterocycles. The lowest BCUT2D eigenvalue weighted by molar-refractivity contribution is 0.950. The molecule has 2 aromatic rings. The number of anilines is 2. The largest absolute Gasteiger partial charge is 0.310 e. The monoisotopic (exact) mass is 397 g/mol.